The Labute approximate surface area is 136 Å². The van der Waals surface area contributed by atoms with E-state index in [1.807, 2.05) is 43.3 Å². The molecule has 1 aliphatic heterocycles. The van der Waals surface area contributed by atoms with Crippen LogP contribution in [0.1, 0.15) is 5.56 Å². The summed E-state index contributed by atoms with van der Waals surface area (Å²) in [4.78, 5) is 15.2. The lowest BCUT2D eigenvalue weighted by Crippen LogP contribution is -2.46. The number of hydrogen-bond donors (Lipinski definition) is 0. The minimum Gasteiger partial charge on any atom is -0.368 e. The van der Waals surface area contributed by atoms with Crippen LogP contribution in [0.25, 0.3) is 0 Å². The van der Waals surface area contributed by atoms with Crippen LogP contribution in [0, 0.1) is 11.3 Å². The second-order valence-corrected chi connectivity index (χ2v) is 5.77. The number of nitrogens with zero attached hydrogens (tertiary/aromatic N) is 6. The van der Waals surface area contributed by atoms with Crippen molar-refractivity contribution < 1.29 is 0 Å². The molecule has 0 unspecified atom stereocenters. The number of benzene rings is 1. The quantitative estimate of drug-likeness (QED) is 0.861. The second-order valence-electron chi connectivity index (χ2n) is 5.77. The van der Waals surface area contributed by atoms with Crippen molar-refractivity contribution in [1.29, 1.82) is 5.26 Å². The molecule has 1 saturated heterocycles. The fraction of sp³-hybridized carbons (Fsp3) is 0.353. The van der Waals surface area contributed by atoms with E-state index in [1.165, 1.54) is 0 Å². The molecule has 6 heteroatoms. The van der Waals surface area contributed by atoms with Gasteiger partial charge in [-0.3, -0.25) is 0 Å². The van der Waals surface area contributed by atoms with Gasteiger partial charge in [0.1, 0.15) is 18.0 Å². The van der Waals surface area contributed by atoms with Gasteiger partial charge < -0.3 is 14.7 Å². The average molecular weight is 308 g/mol. The maximum absolute atomic E-state index is 9.03. The standard InChI is InChI=1S/C17H20N6/c1-21(2)16-11-17(20-13-19-16)23-8-6-22(7-9-23)15-5-3-4-14(10-15)12-18/h3-5,10-11,13H,6-9H2,1-2H3. The summed E-state index contributed by atoms with van der Waals surface area (Å²) in [6.07, 6.45) is 1.62. The van der Waals surface area contributed by atoms with Crippen LogP contribution in [-0.4, -0.2) is 50.2 Å². The molecule has 0 atom stereocenters. The summed E-state index contributed by atoms with van der Waals surface area (Å²) in [5.74, 6) is 1.88. The first kappa shape index (κ1) is 15.1. The molecule has 0 saturated carbocycles. The summed E-state index contributed by atoms with van der Waals surface area (Å²) < 4.78 is 0. The number of nitriles is 1. The molecule has 0 aliphatic carbocycles. The zero-order valence-corrected chi connectivity index (χ0v) is 13.5. The Bertz CT molecular complexity index is 713. The molecule has 3 rings (SSSR count). The lowest BCUT2D eigenvalue weighted by atomic mass is 10.2. The Balaban J connectivity index is 1.68. The van der Waals surface area contributed by atoms with Crippen molar-refractivity contribution in [2.24, 2.45) is 0 Å². The minimum absolute atomic E-state index is 0.705. The molecule has 2 aromatic rings. The minimum atomic E-state index is 0.705. The van der Waals surface area contributed by atoms with Gasteiger partial charge in [-0.25, -0.2) is 9.97 Å². The SMILES string of the molecule is CN(C)c1cc(N2CCN(c3cccc(C#N)c3)CC2)ncn1. The average Bonchev–Trinajstić information content (AvgIpc) is 2.62. The number of hydrogen-bond acceptors (Lipinski definition) is 6. The number of anilines is 3. The number of piperazine rings is 1. The second kappa shape index (κ2) is 6.53. The molecule has 1 aliphatic rings. The van der Waals surface area contributed by atoms with Crippen LogP contribution >= 0.6 is 0 Å². The van der Waals surface area contributed by atoms with Gasteiger partial charge in [0.25, 0.3) is 0 Å². The third kappa shape index (κ3) is 3.34. The molecule has 1 aromatic carbocycles. The predicted octanol–water partition coefficient (Wildman–Crippen LogP) is 1.74. The summed E-state index contributed by atoms with van der Waals surface area (Å²) in [6, 6.07) is 12.0. The zero-order valence-electron chi connectivity index (χ0n) is 13.5. The van der Waals surface area contributed by atoms with Crippen molar-refractivity contribution >= 4 is 17.3 Å². The predicted molar refractivity (Wildman–Crippen MR) is 91.9 cm³/mol. The molecule has 1 fully saturated rings. The summed E-state index contributed by atoms with van der Waals surface area (Å²) in [6.45, 7) is 3.63. The van der Waals surface area contributed by atoms with Gasteiger partial charge in [0.05, 0.1) is 11.6 Å². The van der Waals surface area contributed by atoms with Crippen molar-refractivity contribution in [3.8, 4) is 6.07 Å². The van der Waals surface area contributed by atoms with Gasteiger partial charge in [0.15, 0.2) is 0 Å². The first-order chi connectivity index (χ1) is 11.2. The van der Waals surface area contributed by atoms with Gasteiger partial charge in [-0.2, -0.15) is 5.26 Å². The molecule has 0 spiro atoms. The van der Waals surface area contributed by atoms with Crippen molar-refractivity contribution in [1.82, 2.24) is 9.97 Å². The highest BCUT2D eigenvalue weighted by Crippen LogP contribution is 2.21. The van der Waals surface area contributed by atoms with Crippen LogP contribution in [0.3, 0.4) is 0 Å². The van der Waals surface area contributed by atoms with E-state index in [4.69, 9.17) is 5.26 Å². The highest BCUT2D eigenvalue weighted by Gasteiger charge is 2.19. The summed E-state index contributed by atoms with van der Waals surface area (Å²) >= 11 is 0. The Hall–Kier alpha value is -2.81. The molecule has 118 valence electrons. The van der Waals surface area contributed by atoms with Crippen LogP contribution in [-0.2, 0) is 0 Å². The highest BCUT2D eigenvalue weighted by molar-refractivity contribution is 5.54. The Kier molecular flexibility index (Phi) is 4.29. The summed E-state index contributed by atoms with van der Waals surface area (Å²) in [7, 11) is 3.96. The van der Waals surface area contributed by atoms with Crippen LogP contribution in [0.4, 0.5) is 17.3 Å². The van der Waals surface area contributed by atoms with E-state index in [1.54, 1.807) is 6.33 Å². The monoisotopic (exact) mass is 308 g/mol. The van der Waals surface area contributed by atoms with E-state index in [0.717, 1.165) is 43.5 Å². The largest absolute Gasteiger partial charge is 0.368 e. The van der Waals surface area contributed by atoms with Gasteiger partial charge in [0.2, 0.25) is 0 Å². The van der Waals surface area contributed by atoms with E-state index < -0.39 is 0 Å². The maximum Gasteiger partial charge on any atom is 0.134 e. The fourth-order valence-corrected chi connectivity index (χ4v) is 2.72. The van der Waals surface area contributed by atoms with E-state index in [9.17, 15) is 0 Å². The Morgan fingerprint density at radius 2 is 1.78 bits per heavy atom. The van der Waals surface area contributed by atoms with Crippen molar-refractivity contribution in [2.75, 3.05) is 55.0 Å². The van der Waals surface area contributed by atoms with Crippen molar-refractivity contribution in [2.45, 2.75) is 0 Å². The zero-order chi connectivity index (χ0) is 16.2. The molecule has 0 N–H and O–H groups in total. The molecule has 1 aromatic heterocycles. The van der Waals surface area contributed by atoms with E-state index in [-0.39, 0.29) is 0 Å². The Morgan fingerprint density at radius 3 is 2.48 bits per heavy atom. The van der Waals surface area contributed by atoms with Gasteiger partial charge in [-0.1, -0.05) is 6.07 Å². The van der Waals surface area contributed by atoms with Crippen molar-refractivity contribution in [3.63, 3.8) is 0 Å². The highest BCUT2D eigenvalue weighted by atomic mass is 15.3. The van der Waals surface area contributed by atoms with Crippen LogP contribution in [0.15, 0.2) is 36.7 Å². The Morgan fingerprint density at radius 1 is 1.04 bits per heavy atom. The number of rotatable bonds is 3. The number of aromatic nitrogens is 2. The smallest absolute Gasteiger partial charge is 0.134 e. The summed E-state index contributed by atoms with van der Waals surface area (Å²) in [5.41, 5.74) is 1.82. The van der Waals surface area contributed by atoms with E-state index >= 15 is 0 Å². The molecular formula is C17H20N6. The maximum atomic E-state index is 9.03. The lowest BCUT2D eigenvalue weighted by Gasteiger charge is -2.36. The molecule has 23 heavy (non-hydrogen) atoms. The van der Waals surface area contributed by atoms with Gasteiger partial charge in [0, 0.05) is 52.0 Å². The van der Waals surface area contributed by atoms with E-state index in [0.29, 0.717) is 5.56 Å². The van der Waals surface area contributed by atoms with Gasteiger partial charge in [-0.05, 0) is 18.2 Å². The van der Waals surface area contributed by atoms with Gasteiger partial charge >= 0.3 is 0 Å². The normalized spacial score (nSPS) is 14.5. The molecule has 0 radical (unpaired) electrons. The van der Waals surface area contributed by atoms with Crippen molar-refractivity contribution in [3.05, 3.63) is 42.2 Å². The van der Waals surface area contributed by atoms with Gasteiger partial charge in [-0.15, -0.1) is 0 Å². The molecular weight excluding hydrogens is 288 g/mol. The summed E-state index contributed by atoms with van der Waals surface area (Å²) in [5, 5.41) is 9.03. The lowest BCUT2D eigenvalue weighted by molar-refractivity contribution is 0.646. The molecule has 0 amide bonds. The molecule has 2 heterocycles. The molecule has 0 bridgehead atoms. The first-order valence-corrected chi connectivity index (χ1v) is 7.67. The molecule has 6 nitrogen and oxygen atoms in total. The van der Waals surface area contributed by atoms with Crippen LogP contribution < -0.4 is 14.7 Å². The van der Waals surface area contributed by atoms with E-state index in [2.05, 4.69) is 31.9 Å². The van der Waals surface area contributed by atoms with Crippen LogP contribution in [0.2, 0.25) is 0 Å². The third-order valence-electron chi connectivity index (χ3n) is 4.04. The topological polar surface area (TPSA) is 59.3 Å². The first-order valence-electron chi connectivity index (χ1n) is 7.67. The third-order valence-corrected chi connectivity index (χ3v) is 4.04. The van der Waals surface area contributed by atoms with Crippen LogP contribution in [0.5, 0.6) is 0 Å². The fourth-order valence-electron chi connectivity index (χ4n) is 2.72.